The van der Waals surface area contributed by atoms with Crippen molar-refractivity contribution in [1.82, 2.24) is 19.7 Å². The summed E-state index contributed by atoms with van der Waals surface area (Å²) in [5.41, 5.74) is 2.30. The lowest BCUT2D eigenvalue weighted by molar-refractivity contribution is -0.117. The van der Waals surface area contributed by atoms with Crippen molar-refractivity contribution in [2.45, 2.75) is 63.1 Å². The van der Waals surface area contributed by atoms with Gasteiger partial charge in [0.1, 0.15) is 12.0 Å². The number of amides is 1. The smallest absolute Gasteiger partial charge is 0.229 e. The summed E-state index contributed by atoms with van der Waals surface area (Å²) in [7, 11) is 1.90. The Hall–Kier alpha value is -2.51. The van der Waals surface area contributed by atoms with Crippen molar-refractivity contribution in [2.75, 3.05) is 18.4 Å². The number of anilines is 1. The number of nitrogens with one attached hydrogen (secondary N) is 1. The molecule has 2 saturated carbocycles. The summed E-state index contributed by atoms with van der Waals surface area (Å²) in [5, 5.41) is 10.1. The van der Waals surface area contributed by atoms with E-state index in [4.69, 9.17) is 11.6 Å². The van der Waals surface area contributed by atoms with Crippen LogP contribution in [0.2, 0.25) is 5.02 Å². The number of alkyl halides is 1. The predicted octanol–water partition coefficient (Wildman–Crippen LogP) is 5.68. The van der Waals surface area contributed by atoms with Crippen molar-refractivity contribution in [3.63, 3.8) is 0 Å². The van der Waals surface area contributed by atoms with Crippen LogP contribution < -0.4 is 5.32 Å². The second-order valence-electron chi connectivity index (χ2n) is 10.9. The molecular weight excluding hydrogens is 477 g/mol. The molecule has 1 aliphatic heterocycles. The quantitative estimate of drug-likeness (QED) is 0.464. The molecule has 1 N–H and O–H groups in total. The normalized spacial score (nSPS) is 28.7. The van der Waals surface area contributed by atoms with E-state index in [1.165, 1.54) is 5.56 Å². The topological polar surface area (TPSA) is 63.1 Å². The zero-order valence-corrected chi connectivity index (χ0v) is 21.6. The fourth-order valence-corrected chi connectivity index (χ4v) is 6.91. The number of fused-ring (bicyclic) bond motifs is 1. The van der Waals surface area contributed by atoms with Crippen molar-refractivity contribution in [3.05, 3.63) is 52.9 Å². The largest absolute Gasteiger partial charge is 0.310 e. The number of pyridine rings is 1. The molecule has 6 rings (SSSR count). The summed E-state index contributed by atoms with van der Waals surface area (Å²) in [6.45, 7) is 3.32. The summed E-state index contributed by atoms with van der Waals surface area (Å²) in [6, 6.07) is 6.63. The Morgan fingerprint density at radius 3 is 2.58 bits per heavy atom. The van der Waals surface area contributed by atoms with E-state index >= 15 is 0 Å². The Morgan fingerprint density at radius 1 is 1.14 bits per heavy atom. The van der Waals surface area contributed by atoms with E-state index < -0.39 is 6.17 Å². The average Bonchev–Trinajstić information content (AvgIpc) is 3.44. The zero-order valence-electron chi connectivity index (χ0n) is 20.8. The van der Waals surface area contributed by atoms with Crippen molar-refractivity contribution in [3.8, 4) is 0 Å². The lowest BCUT2D eigenvalue weighted by Crippen LogP contribution is -2.54. The van der Waals surface area contributed by atoms with Crippen molar-refractivity contribution >= 4 is 34.1 Å². The SMILES string of the molecule is CC[C@@H]1[C@H](C(=O)Nc2cc3cc([C@H]4CC[C@@H](N5CC(F)C5)CC4)c(Cl)cc3cn2)[C@H]1c1cnn(C)c1. The third-order valence-corrected chi connectivity index (χ3v) is 8.99. The third-order valence-electron chi connectivity index (χ3n) is 8.66. The molecule has 190 valence electrons. The van der Waals surface area contributed by atoms with Crippen LogP contribution in [0.4, 0.5) is 10.2 Å². The molecule has 0 bridgehead atoms. The molecular formula is C28H33ClFN5O. The molecule has 3 heterocycles. The summed E-state index contributed by atoms with van der Waals surface area (Å²) < 4.78 is 15.1. The van der Waals surface area contributed by atoms with Crippen molar-refractivity contribution in [2.24, 2.45) is 18.9 Å². The monoisotopic (exact) mass is 509 g/mol. The summed E-state index contributed by atoms with van der Waals surface area (Å²) >= 11 is 6.71. The van der Waals surface area contributed by atoms with Gasteiger partial charge < -0.3 is 5.32 Å². The van der Waals surface area contributed by atoms with E-state index in [0.29, 0.717) is 36.8 Å². The van der Waals surface area contributed by atoms with E-state index in [9.17, 15) is 9.18 Å². The van der Waals surface area contributed by atoms with Gasteiger partial charge in [-0.1, -0.05) is 24.9 Å². The molecule has 3 aromatic rings. The molecule has 1 amide bonds. The number of aromatic nitrogens is 3. The molecule has 3 atom stereocenters. The Kier molecular flexibility index (Phi) is 6.24. The van der Waals surface area contributed by atoms with Gasteiger partial charge in [-0.15, -0.1) is 0 Å². The molecule has 1 aromatic carbocycles. The van der Waals surface area contributed by atoms with E-state index in [1.807, 2.05) is 31.6 Å². The maximum Gasteiger partial charge on any atom is 0.229 e. The fraction of sp³-hybridized carbons (Fsp3) is 0.536. The van der Waals surface area contributed by atoms with Gasteiger partial charge in [0.25, 0.3) is 0 Å². The Balaban J connectivity index is 1.16. The fourth-order valence-electron chi connectivity index (χ4n) is 6.59. The standard InChI is InChI=1S/C28H33ClFN5O/c1-3-22-26(19-12-32-34(2)13-19)27(22)28(36)33-25-10-17-8-23(24(29)9-18(17)11-31-25)16-4-6-21(7-5-16)35-14-20(30)15-35/h8-13,16,20-22,26-27H,3-7,14-15H2,1-2H3,(H,31,33,36)/t16-,21+,22-,26-,27-/m0/s1. The lowest BCUT2D eigenvalue weighted by atomic mass is 9.80. The summed E-state index contributed by atoms with van der Waals surface area (Å²) in [4.78, 5) is 19.9. The molecule has 2 aromatic heterocycles. The second kappa shape index (κ2) is 9.42. The molecule has 2 aliphatic carbocycles. The third kappa shape index (κ3) is 4.41. The van der Waals surface area contributed by atoms with Gasteiger partial charge >= 0.3 is 0 Å². The van der Waals surface area contributed by atoms with Gasteiger partial charge in [0, 0.05) is 60.8 Å². The van der Waals surface area contributed by atoms with Crippen molar-refractivity contribution in [1.29, 1.82) is 0 Å². The highest BCUT2D eigenvalue weighted by Crippen LogP contribution is 2.56. The van der Waals surface area contributed by atoms with Crippen LogP contribution in [-0.4, -0.2) is 50.9 Å². The van der Waals surface area contributed by atoms with E-state index in [-0.39, 0.29) is 17.7 Å². The van der Waals surface area contributed by atoms with Crippen LogP contribution in [0.1, 0.15) is 62.0 Å². The van der Waals surface area contributed by atoms with Crippen LogP contribution in [0.15, 0.2) is 36.8 Å². The van der Waals surface area contributed by atoms with Crippen LogP contribution in [-0.2, 0) is 11.8 Å². The zero-order chi connectivity index (χ0) is 25.0. The predicted molar refractivity (Wildman–Crippen MR) is 140 cm³/mol. The van der Waals surface area contributed by atoms with Crippen LogP contribution in [0.3, 0.4) is 0 Å². The Morgan fingerprint density at radius 2 is 1.92 bits per heavy atom. The van der Waals surface area contributed by atoms with Gasteiger partial charge in [0.2, 0.25) is 5.91 Å². The number of rotatable bonds is 6. The molecule has 6 nitrogen and oxygen atoms in total. The highest BCUT2D eigenvalue weighted by molar-refractivity contribution is 6.32. The van der Waals surface area contributed by atoms with E-state index in [2.05, 4.69) is 33.3 Å². The lowest BCUT2D eigenvalue weighted by Gasteiger charge is -2.43. The Bertz CT molecular complexity index is 1280. The van der Waals surface area contributed by atoms with Crippen LogP contribution >= 0.6 is 11.6 Å². The first kappa shape index (κ1) is 23.9. The number of halogens is 2. The molecule has 8 heteroatoms. The van der Waals surface area contributed by atoms with Gasteiger partial charge in [-0.25, -0.2) is 9.37 Å². The number of carbonyl (C=O) groups excluding carboxylic acids is 1. The number of carbonyl (C=O) groups is 1. The number of likely N-dealkylation sites (tertiary alicyclic amines) is 1. The molecule has 0 unspecified atom stereocenters. The van der Waals surface area contributed by atoms with Gasteiger partial charge in [-0.2, -0.15) is 5.10 Å². The first-order valence-corrected chi connectivity index (χ1v) is 13.6. The first-order valence-electron chi connectivity index (χ1n) is 13.2. The molecule has 3 aliphatic rings. The summed E-state index contributed by atoms with van der Waals surface area (Å²) in [6.07, 6.45) is 10.3. The minimum atomic E-state index is -0.644. The van der Waals surface area contributed by atoms with Crippen LogP contribution in [0, 0.1) is 11.8 Å². The number of hydrogen-bond donors (Lipinski definition) is 1. The number of hydrogen-bond acceptors (Lipinski definition) is 4. The highest BCUT2D eigenvalue weighted by atomic mass is 35.5. The van der Waals surface area contributed by atoms with Gasteiger partial charge in [-0.3, -0.25) is 14.4 Å². The highest BCUT2D eigenvalue weighted by Gasteiger charge is 2.54. The average molecular weight is 510 g/mol. The minimum absolute atomic E-state index is 0.0246. The molecule has 36 heavy (non-hydrogen) atoms. The number of nitrogens with zero attached hydrogens (tertiary/aromatic N) is 4. The maximum atomic E-state index is 13.3. The van der Waals surface area contributed by atoms with Crippen LogP contribution in [0.25, 0.3) is 10.8 Å². The molecule has 0 spiro atoms. The Labute approximate surface area is 216 Å². The first-order chi connectivity index (χ1) is 17.4. The van der Waals surface area contributed by atoms with Crippen molar-refractivity contribution < 1.29 is 9.18 Å². The second-order valence-corrected chi connectivity index (χ2v) is 11.3. The molecule has 3 fully saturated rings. The van der Waals surface area contributed by atoms with Gasteiger partial charge in [0.05, 0.1) is 6.20 Å². The number of benzene rings is 1. The molecule has 0 radical (unpaired) electrons. The van der Waals surface area contributed by atoms with E-state index in [0.717, 1.165) is 53.5 Å². The maximum absolute atomic E-state index is 13.3. The molecule has 1 saturated heterocycles. The minimum Gasteiger partial charge on any atom is -0.310 e. The van der Waals surface area contributed by atoms with E-state index in [1.54, 1.807) is 10.9 Å². The van der Waals surface area contributed by atoms with Gasteiger partial charge in [-0.05, 0) is 72.2 Å². The van der Waals surface area contributed by atoms with Crippen LogP contribution in [0.5, 0.6) is 0 Å². The van der Waals surface area contributed by atoms with Gasteiger partial charge in [0.15, 0.2) is 0 Å². The summed E-state index contributed by atoms with van der Waals surface area (Å²) in [5.74, 6) is 1.51. The number of aryl methyl sites for hydroxylation is 1.